The summed E-state index contributed by atoms with van der Waals surface area (Å²) in [5, 5.41) is 0.722. The minimum atomic E-state index is -0.349. The van der Waals surface area contributed by atoms with E-state index in [0.717, 1.165) is 17.9 Å². The van der Waals surface area contributed by atoms with Gasteiger partial charge in [0, 0.05) is 30.6 Å². The molecule has 1 saturated heterocycles. The molecule has 0 aromatic heterocycles. The molecule has 4 atom stereocenters. The predicted octanol–water partition coefficient (Wildman–Crippen LogP) is 3.22. The molecule has 2 rings (SSSR count). The van der Waals surface area contributed by atoms with E-state index in [4.69, 9.17) is 22.1 Å². The molecule has 1 heterocycles. The van der Waals surface area contributed by atoms with Gasteiger partial charge in [0.2, 0.25) is 0 Å². The van der Waals surface area contributed by atoms with Crippen LogP contribution in [0.15, 0.2) is 24.3 Å². The number of hydrogen-bond donors (Lipinski definition) is 1. The molecule has 4 nitrogen and oxygen atoms in total. The first-order valence-corrected chi connectivity index (χ1v) is 8.19. The van der Waals surface area contributed by atoms with Crippen LogP contribution < -0.4 is 5.73 Å². The Hall–Kier alpha value is -0.810. The Kier molecular flexibility index (Phi) is 7.81. The molecule has 130 valence electrons. The maximum absolute atomic E-state index is 12.6. The van der Waals surface area contributed by atoms with Gasteiger partial charge in [-0.15, -0.1) is 12.4 Å². The van der Waals surface area contributed by atoms with E-state index in [2.05, 4.69) is 13.8 Å². The van der Waals surface area contributed by atoms with Gasteiger partial charge in [-0.2, -0.15) is 0 Å². The second-order valence-electron chi connectivity index (χ2n) is 6.09. The van der Waals surface area contributed by atoms with Crippen LogP contribution in [0.3, 0.4) is 0 Å². The van der Waals surface area contributed by atoms with Gasteiger partial charge in [-0.3, -0.25) is 4.79 Å². The third kappa shape index (κ3) is 4.83. The van der Waals surface area contributed by atoms with Crippen LogP contribution >= 0.6 is 24.0 Å². The van der Waals surface area contributed by atoms with E-state index in [-0.39, 0.29) is 42.5 Å². The van der Waals surface area contributed by atoms with E-state index in [1.54, 1.807) is 4.90 Å². The summed E-state index contributed by atoms with van der Waals surface area (Å²) in [4.78, 5) is 14.4. The van der Waals surface area contributed by atoms with E-state index in [1.807, 2.05) is 31.3 Å². The SMILES string of the molecule is CC(c1ccc(Cl)cc1)C(C)N(C)C(=O)[C@@H]1CC[C@H](CN)O1.Cl. The number of halogens is 2. The minimum Gasteiger partial charge on any atom is -0.364 e. The molecule has 2 unspecified atom stereocenters. The van der Waals surface area contributed by atoms with Gasteiger partial charge in [0.1, 0.15) is 6.10 Å². The first kappa shape index (κ1) is 20.2. The van der Waals surface area contributed by atoms with Crippen molar-refractivity contribution in [2.75, 3.05) is 13.6 Å². The highest BCUT2D eigenvalue weighted by Crippen LogP contribution is 2.26. The number of benzene rings is 1. The van der Waals surface area contributed by atoms with E-state index in [9.17, 15) is 4.79 Å². The second-order valence-corrected chi connectivity index (χ2v) is 6.53. The number of hydrogen-bond acceptors (Lipinski definition) is 3. The third-order valence-electron chi connectivity index (χ3n) is 4.72. The number of amides is 1. The molecule has 1 aromatic carbocycles. The van der Waals surface area contributed by atoms with Crippen molar-refractivity contribution in [2.45, 2.75) is 50.9 Å². The van der Waals surface area contributed by atoms with Gasteiger partial charge in [-0.05, 0) is 37.5 Å². The van der Waals surface area contributed by atoms with Crippen LogP contribution in [0.2, 0.25) is 5.02 Å². The lowest BCUT2D eigenvalue weighted by Gasteiger charge is -2.32. The summed E-state index contributed by atoms with van der Waals surface area (Å²) in [7, 11) is 1.85. The Morgan fingerprint density at radius 3 is 2.48 bits per heavy atom. The molecule has 0 aliphatic carbocycles. The maximum atomic E-state index is 12.6. The van der Waals surface area contributed by atoms with Crippen LogP contribution in [0.5, 0.6) is 0 Å². The third-order valence-corrected chi connectivity index (χ3v) is 4.98. The average molecular weight is 361 g/mol. The zero-order valence-electron chi connectivity index (χ0n) is 13.9. The van der Waals surface area contributed by atoms with Gasteiger partial charge in [-0.25, -0.2) is 0 Å². The number of nitrogens with two attached hydrogens (primary N) is 1. The Morgan fingerprint density at radius 1 is 1.35 bits per heavy atom. The number of rotatable bonds is 5. The monoisotopic (exact) mass is 360 g/mol. The second kappa shape index (κ2) is 8.88. The number of carbonyl (C=O) groups is 1. The summed E-state index contributed by atoms with van der Waals surface area (Å²) in [6.07, 6.45) is 1.29. The molecule has 1 fully saturated rings. The van der Waals surface area contributed by atoms with Crippen molar-refractivity contribution >= 4 is 29.9 Å². The van der Waals surface area contributed by atoms with E-state index in [1.165, 1.54) is 5.56 Å². The van der Waals surface area contributed by atoms with Crippen molar-refractivity contribution in [1.29, 1.82) is 0 Å². The Bertz CT molecular complexity index is 510. The Labute approximate surface area is 149 Å². The lowest BCUT2D eigenvalue weighted by Crippen LogP contribution is -2.44. The van der Waals surface area contributed by atoms with E-state index in [0.29, 0.717) is 6.54 Å². The topological polar surface area (TPSA) is 55.6 Å². The van der Waals surface area contributed by atoms with Crippen molar-refractivity contribution in [3.05, 3.63) is 34.9 Å². The number of carbonyl (C=O) groups excluding carboxylic acids is 1. The van der Waals surface area contributed by atoms with Crippen molar-refractivity contribution in [3.8, 4) is 0 Å². The van der Waals surface area contributed by atoms with E-state index >= 15 is 0 Å². The number of ether oxygens (including phenoxy) is 1. The molecular formula is C17H26Cl2N2O2. The molecule has 1 aliphatic heterocycles. The summed E-state index contributed by atoms with van der Waals surface area (Å²) in [5.74, 6) is 0.266. The fourth-order valence-corrected chi connectivity index (χ4v) is 2.99. The molecule has 1 aliphatic rings. The maximum Gasteiger partial charge on any atom is 0.251 e. The van der Waals surface area contributed by atoms with Gasteiger partial charge in [-0.1, -0.05) is 30.7 Å². The summed E-state index contributed by atoms with van der Waals surface area (Å²) < 4.78 is 5.71. The zero-order chi connectivity index (χ0) is 16.3. The van der Waals surface area contributed by atoms with Crippen molar-refractivity contribution < 1.29 is 9.53 Å². The van der Waals surface area contributed by atoms with Gasteiger partial charge < -0.3 is 15.4 Å². The molecular weight excluding hydrogens is 335 g/mol. The first-order valence-electron chi connectivity index (χ1n) is 7.81. The standard InChI is InChI=1S/C17H25ClN2O2.ClH/c1-11(13-4-6-14(18)7-5-13)12(2)20(3)17(21)16-9-8-15(10-19)22-16;/h4-7,11-12,15-16H,8-10,19H2,1-3H3;1H/t11?,12?,15-,16+;/m1./s1. The number of likely N-dealkylation sites (N-methyl/N-ethyl adjacent to an activating group) is 1. The quantitative estimate of drug-likeness (QED) is 0.876. The van der Waals surface area contributed by atoms with E-state index < -0.39 is 0 Å². The summed E-state index contributed by atoms with van der Waals surface area (Å²) in [6.45, 7) is 4.66. The molecule has 1 aromatic rings. The Balaban J connectivity index is 0.00000264. The molecule has 0 saturated carbocycles. The molecule has 23 heavy (non-hydrogen) atoms. The van der Waals surface area contributed by atoms with Crippen LogP contribution in [0, 0.1) is 0 Å². The Morgan fingerprint density at radius 2 is 1.96 bits per heavy atom. The highest BCUT2D eigenvalue weighted by Gasteiger charge is 2.34. The average Bonchev–Trinajstić information content (AvgIpc) is 3.01. The fraction of sp³-hybridized carbons (Fsp3) is 0.588. The molecule has 6 heteroatoms. The van der Waals surface area contributed by atoms with Crippen LogP contribution in [-0.2, 0) is 9.53 Å². The summed E-state index contributed by atoms with van der Waals surface area (Å²) in [5.41, 5.74) is 6.78. The fourth-order valence-electron chi connectivity index (χ4n) is 2.87. The van der Waals surface area contributed by atoms with Gasteiger partial charge >= 0.3 is 0 Å². The highest BCUT2D eigenvalue weighted by atomic mass is 35.5. The van der Waals surface area contributed by atoms with Crippen LogP contribution in [0.1, 0.15) is 38.2 Å². The molecule has 0 spiro atoms. The van der Waals surface area contributed by atoms with Crippen molar-refractivity contribution in [3.63, 3.8) is 0 Å². The van der Waals surface area contributed by atoms with Crippen LogP contribution in [-0.4, -0.2) is 42.6 Å². The molecule has 1 amide bonds. The van der Waals surface area contributed by atoms with Gasteiger partial charge in [0.05, 0.1) is 6.10 Å². The van der Waals surface area contributed by atoms with Crippen LogP contribution in [0.25, 0.3) is 0 Å². The zero-order valence-corrected chi connectivity index (χ0v) is 15.4. The summed E-state index contributed by atoms with van der Waals surface area (Å²) in [6, 6.07) is 7.87. The smallest absolute Gasteiger partial charge is 0.251 e. The van der Waals surface area contributed by atoms with Crippen LogP contribution in [0.4, 0.5) is 0 Å². The largest absolute Gasteiger partial charge is 0.364 e. The van der Waals surface area contributed by atoms with Crippen molar-refractivity contribution in [2.24, 2.45) is 5.73 Å². The lowest BCUT2D eigenvalue weighted by atomic mass is 9.93. The highest BCUT2D eigenvalue weighted by molar-refractivity contribution is 6.30. The predicted molar refractivity (Wildman–Crippen MR) is 96.3 cm³/mol. The van der Waals surface area contributed by atoms with Gasteiger partial charge in [0.15, 0.2) is 0 Å². The van der Waals surface area contributed by atoms with Crippen molar-refractivity contribution in [1.82, 2.24) is 4.90 Å². The van der Waals surface area contributed by atoms with Gasteiger partial charge in [0.25, 0.3) is 5.91 Å². The first-order chi connectivity index (χ1) is 10.4. The number of nitrogens with zero attached hydrogens (tertiary/aromatic N) is 1. The summed E-state index contributed by atoms with van der Waals surface area (Å²) >= 11 is 5.93. The molecule has 0 radical (unpaired) electrons. The normalized spacial score (nSPS) is 23.0. The molecule has 2 N–H and O–H groups in total. The molecule has 0 bridgehead atoms. The lowest BCUT2D eigenvalue weighted by molar-refractivity contribution is -0.143. The minimum absolute atomic E-state index is 0.